The molecule has 4 heteroatoms. The number of halogens is 1. The summed E-state index contributed by atoms with van der Waals surface area (Å²) in [7, 11) is 0. The Morgan fingerprint density at radius 2 is 2.46 bits per heavy atom. The lowest BCUT2D eigenvalue weighted by molar-refractivity contribution is -0.123. The molecule has 76 valence electrons. The third kappa shape index (κ3) is 3.31. The molecule has 0 spiro atoms. The van der Waals surface area contributed by atoms with Gasteiger partial charge in [0.25, 0.3) is 0 Å². The van der Waals surface area contributed by atoms with E-state index in [9.17, 15) is 4.79 Å². The molecule has 0 aromatic rings. The number of thioether (sulfide) groups is 1. The van der Waals surface area contributed by atoms with Crippen LogP contribution < -0.4 is 5.32 Å². The molecule has 1 heterocycles. The van der Waals surface area contributed by atoms with Gasteiger partial charge in [0.1, 0.15) is 0 Å². The summed E-state index contributed by atoms with van der Waals surface area (Å²) in [6.45, 7) is 2.89. The second-order valence-electron chi connectivity index (χ2n) is 3.48. The maximum atomic E-state index is 11.7. The minimum atomic E-state index is -0.134. The minimum absolute atomic E-state index is 0.134. The molecule has 1 unspecified atom stereocenters. The molecular formula is C9H16INOS. The van der Waals surface area contributed by atoms with Crippen molar-refractivity contribution < 1.29 is 4.79 Å². The van der Waals surface area contributed by atoms with Crippen molar-refractivity contribution in [2.75, 3.05) is 16.7 Å². The number of carbonyl (C=O) groups excluding carboxylic acids is 1. The molecule has 2 nitrogen and oxygen atoms in total. The van der Waals surface area contributed by atoms with Crippen LogP contribution in [0.2, 0.25) is 0 Å². The van der Waals surface area contributed by atoms with Crippen LogP contribution in [-0.2, 0) is 4.79 Å². The summed E-state index contributed by atoms with van der Waals surface area (Å²) in [5.74, 6) is 1.37. The molecule has 1 saturated heterocycles. The SMILES string of the molecule is CC1(C(=O)NCCCI)CCCS1. The van der Waals surface area contributed by atoms with Crippen LogP contribution in [0.25, 0.3) is 0 Å². The van der Waals surface area contributed by atoms with Crippen molar-refractivity contribution in [3.63, 3.8) is 0 Å². The molecule has 1 aliphatic rings. The van der Waals surface area contributed by atoms with Crippen LogP contribution in [0.4, 0.5) is 0 Å². The Labute approximate surface area is 97.7 Å². The van der Waals surface area contributed by atoms with Gasteiger partial charge in [0, 0.05) is 11.0 Å². The molecule has 0 aromatic carbocycles. The number of hydrogen-bond donors (Lipinski definition) is 1. The highest BCUT2D eigenvalue weighted by molar-refractivity contribution is 14.1. The zero-order valence-electron chi connectivity index (χ0n) is 7.94. The second kappa shape index (κ2) is 5.44. The summed E-state index contributed by atoms with van der Waals surface area (Å²) in [6, 6.07) is 0. The molecule has 1 fully saturated rings. The van der Waals surface area contributed by atoms with Gasteiger partial charge in [-0.1, -0.05) is 22.6 Å². The summed E-state index contributed by atoms with van der Waals surface area (Å²) >= 11 is 4.13. The number of rotatable bonds is 4. The highest BCUT2D eigenvalue weighted by atomic mass is 127. The molecule has 0 radical (unpaired) electrons. The van der Waals surface area contributed by atoms with Crippen molar-refractivity contribution in [2.24, 2.45) is 0 Å². The van der Waals surface area contributed by atoms with Gasteiger partial charge in [-0.3, -0.25) is 4.79 Å². The quantitative estimate of drug-likeness (QED) is 0.490. The highest BCUT2D eigenvalue weighted by Gasteiger charge is 2.36. The van der Waals surface area contributed by atoms with Crippen LogP contribution in [-0.4, -0.2) is 27.4 Å². The largest absolute Gasteiger partial charge is 0.355 e. The van der Waals surface area contributed by atoms with E-state index in [2.05, 4.69) is 34.8 Å². The lowest BCUT2D eigenvalue weighted by Gasteiger charge is -2.21. The number of nitrogens with one attached hydrogen (secondary N) is 1. The van der Waals surface area contributed by atoms with Crippen LogP contribution in [0.3, 0.4) is 0 Å². The van der Waals surface area contributed by atoms with Crippen LogP contribution in [0.1, 0.15) is 26.2 Å². The fourth-order valence-corrected chi connectivity index (χ4v) is 3.03. The topological polar surface area (TPSA) is 29.1 Å². The summed E-state index contributed by atoms with van der Waals surface area (Å²) in [5, 5.41) is 3.00. The van der Waals surface area contributed by atoms with Crippen LogP contribution >= 0.6 is 34.4 Å². The van der Waals surface area contributed by atoms with Crippen molar-refractivity contribution in [3.8, 4) is 0 Å². The van der Waals surface area contributed by atoms with Crippen molar-refractivity contribution in [1.29, 1.82) is 0 Å². The Morgan fingerprint density at radius 1 is 1.69 bits per heavy atom. The van der Waals surface area contributed by atoms with E-state index >= 15 is 0 Å². The van der Waals surface area contributed by atoms with Gasteiger partial charge in [0.15, 0.2) is 0 Å². The third-order valence-corrected chi connectivity index (χ3v) is 4.58. The van der Waals surface area contributed by atoms with E-state index in [0.29, 0.717) is 0 Å². The second-order valence-corrected chi connectivity index (χ2v) is 6.16. The zero-order chi connectivity index (χ0) is 9.73. The summed E-state index contributed by atoms with van der Waals surface area (Å²) < 4.78 is 0.979. The fraction of sp³-hybridized carbons (Fsp3) is 0.889. The predicted molar refractivity (Wildman–Crippen MR) is 66.6 cm³/mol. The Kier molecular flexibility index (Phi) is 4.86. The van der Waals surface area contributed by atoms with Crippen molar-refractivity contribution >= 4 is 40.3 Å². The maximum Gasteiger partial charge on any atom is 0.235 e. The predicted octanol–water partition coefficient (Wildman–Crippen LogP) is 2.21. The van der Waals surface area contributed by atoms with E-state index in [1.54, 1.807) is 11.8 Å². The van der Waals surface area contributed by atoms with Gasteiger partial charge in [0.05, 0.1) is 4.75 Å². The van der Waals surface area contributed by atoms with Crippen LogP contribution in [0, 0.1) is 0 Å². The summed E-state index contributed by atoms with van der Waals surface area (Å²) in [5.41, 5.74) is 0. The van der Waals surface area contributed by atoms with Crippen molar-refractivity contribution in [1.82, 2.24) is 5.32 Å². The number of carbonyl (C=O) groups is 1. The van der Waals surface area contributed by atoms with Crippen molar-refractivity contribution in [3.05, 3.63) is 0 Å². The molecule has 0 bridgehead atoms. The van der Waals surface area contributed by atoms with E-state index in [1.807, 2.05) is 0 Å². The molecule has 1 N–H and O–H groups in total. The Hall–Kier alpha value is 0.550. The number of alkyl halides is 1. The zero-order valence-corrected chi connectivity index (χ0v) is 10.9. The fourth-order valence-electron chi connectivity index (χ4n) is 1.41. The molecule has 1 amide bonds. The molecule has 1 atom stereocenters. The van der Waals surface area contributed by atoms with E-state index in [-0.39, 0.29) is 10.7 Å². The standard InChI is InChI=1S/C9H16INOS/c1-9(4-2-7-13-9)8(12)11-6-3-5-10/h2-7H2,1H3,(H,11,12). The summed E-state index contributed by atoms with van der Waals surface area (Å²) in [6.07, 6.45) is 3.29. The Balaban J connectivity index is 2.29. The Bertz CT molecular complexity index is 180. The maximum absolute atomic E-state index is 11.7. The third-order valence-electron chi connectivity index (χ3n) is 2.30. The number of amides is 1. The molecule has 0 aromatic heterocycles. The molecular weight excluding hydrogens is 297 g/mol. The summed E-state index contributed by atoms with van der Waals surface area (Å²) in [4.78, 5) is 11.7. The van der Waals surface area contributed by atoms with Gasteiger partial charge in [-0.05, 0) is 31.9 Å². The smallest absolute Gasteiger partial charge is 0.235 e. The highest BCUT2D eigenvalue weighted by Crippen LogP contribution is 2.37. The number of hydrogen-bond acceptors (Lipinski definition) is 2. The first-order chi connectivity index (χ1) is 6.19. The monoisotopic (exact) mass is 313 g/mol. The van der Waals surface area contributed by atoms with E-state index in [1.165, 1.54) is 6.42 Å². The molecule has 13 heavy (non-hydrogen) atoms. The van der Waals surface area contributed by atoms with Gasteiger partial charge in [-0.25, -0.2) is 0 Å². The molecule has 0 saturated carbocycles. The van der Waals surface area contributed by atoms with Gasteiger partial charge in [-0.15, -0.1) is 11.8 Å². The lowest BCUT2D eigenvalue weighted by atomic mass is 10.1. The molecule has 1 aliphatic heterocycles. The first kappa shape index (κ1) is 11.6. The normalized spacial score (nSPS) is 27.5. The van der Waals surface area contributed by atoms with Gasteiger partial charge >= 0.3 is 0 Å². The first-order valence-electron chi connectivity index (χ1n) is 4.67. The van der Waals surface area contributed by atoms with Crippen molar-refractivity contribution in [2.45, 2.75) is 30.9 Å². The minimum Gasteiger partial charge on any atom is -0.355 e. The van der Waals surface area contributed by atoms with Gasteiger partial charge in [0.2, 0.25) is 5.91 Å². The van der Waals surface area contributed by atoms with Crippen LogP contribution in [0.15, 0.2) is 0 Å². The van der Waals surface area contributed by atoms with Gasteiger partial charge in [-0.2, -0.15) is 0 Å². The van der Waals surface area contributed by atoms with E-state index in [0.717, 1.165) is 29.6 Å². The lowest BCUT2D eigenvalue weighted by Crippen LogP contribution is -2.40. The average molecular weight is 313 g/mol. The van der Waals surface area contributed by atoms with E-state index < -0.39 is 0 Å². The van der Waals surface area contributed by atoms with Crippen LogP contribution in [0.5, 0.6) is 0 Å². The average Bonchev–Trinajstić information content (AvgIpc) is 2.54. The molecule has 0 aliphatic carbocycles. The first-order valence-corrected chi connectivity index (χ1v) is 7.18. The van der Waals surface area contributed by atoms with Gasteiger partial charge < -0.3 is 5.32 Å². The Morgan fingerprint density at radius 3 is 3.00 bits per heavy atom. The van der Waals surface area contributed by atoms with E-state index in [4.69, 9.17) is 0 Å². The molecule has 1 rings (SSSR count).